The number of thioether (sulfide) groups is 1. The van der Waals surface area contributed by atoms with Gasteiger partial charge in [0.25, 0.3) is 0 Å². The molecular weight excluding hydrogens is 194 g/mol. The maximum absolute atomic E-state index is 5.01. The predicted molar refractivity (Wildman–Crippen MR) is 64.1 cm³/mol. The fourth-order valence-electron chi connectivity index (χ4n) is 1.76. The van der Waals surface area contributed by atoms with Gasteiger partial charge in [0.1, 0.15) is 0 Å². The minimum absolute atomic E-state index is 0.788. The highest BCUT2D eigenvalue weighted by Crippen LogP contribution is 2.16. The fraction of sp³-hybridized carbons (Fsp3) is 1.00. The summed E-state index contributed by atoms with van der Waals surface area (Å²) >= 11 is 2.09. The van der Waals surface area contributed by atoms with E-state index >= 15 is 0 Å². The van der Waals surface area contributed by atoms with Gasteiger partial charge in [0.15, 0.2) is 0 Å². The van der Waals surface area contributed by atoms with Crippen molar-refractivity contribution in [3.63, 3.8) is 0 Å². The molecule has 1 fully saturated rings. The molecule has 0 aromatic heterocycles. The van der Waals surface area contributed by atoms with Gasteiger partial charge in [-0.3, -0.25) is 0 Å². The Bertz CT molecular complexity index is 126. The molecule has 0 spiro atoms. The maximum Gasteiger partial charge on any atom is 0.0462 e. The molecule has 0 aromatic rings. The normalized spacial score (nSPS) is 22.5. The van der Waals surface area contributed by atoms with Gasteiger partial charge in [-0.2, -0.15) is 11.8 Å². The summed E-state index contributed by atoms with van der Waals surface area (Å²) in [5.41, 5.74) is 0. The molecule has 1 saturated heterocycles. The zero-order valence-corrected chi connectivity index (χ0v) is 10.1. The SMILES string of the molecule is COCCCCCNC1CCCSC1. The lowest BCUT2D eigenvalue weighted by Gasteiger charge is -2.22. The number of hydrogen-bond donors (Lipinski definition) is 1. The molecule has 0 saturated carbocycles. The van der Waals surface area contributed by atoms with Crippen molar-refractivity contribution in [2.75, 3.05) is 31.8 Å². The first-order valence-electron chi connectivity index (χ1n) is 5.73. The smallest absolute Gasteiger partial charge is 0.0462 e. The second-order valence-electron chi connectivity index (χ2n) is 3.92. The summed E-state index contributed by atoms with van der Waals surface area (Å²) in [6.45, 7) is 2.11. The molecule has 0 aliphatic carbocycles. The summed E-state index contributed by atoms with van der Waals surface area (Å²) in [6.07, 6.45) is 6.57. The Morgan fingerprint density at radius 1 is 1.36 bits per heavy atom. The molecule has 1 aliphatic rings. The molecule has 0 radical (unpaired) electrons. The molecule has 2 nitrogen and oxygen atoms in total. The molecule has 1 aliphatic heterocycles. The van der Waals surface area contributed by atoms with E-state index in [4.69, 9.17) is 4.74 Å². The number of unbranched alkanes of at least 4 members (excludes halogenated alkanes) is 2. The Balaban J connectivity index is 1.82. The average molecular weight is 217 g/mol. The highest BCUT2D eigenvalue weighted by molar-refractivity contribution is 7.99. The third-order valence-electron chi connectivity index (χ3n) is 2.62. The standard InChI is InChI=1S/C11H23NOS/c1-13-8-4-2-3-7-12-11-6-5-9-14-10-11/h11-12H,2-10H2,1H3. The molecule has 1 N–H and O–H groups in total. The Morgan fingerprint density at radius 3 is 3.00 bits per heavy atom. The van der Waals surface area contributed by atoms with Gasteiger partial charge in [-0.05, 0) is 44.4 Å². The van der Waals surface area contributed by atoms with Gasteiger partial charge in [-0.25, -0.2) is 0 Å². The Hall–Kier alpha value is 0.270. The maximum atomic E-state index is 5.01. The van der Waals surface area contributed by atoms with Gasteiger partial charge in [-0.1, -0.05) is 0 Å². The van der Waals surface area contributed by atoms with Crippen molar-refractivity contribution in [2.24, 2.45) is 0 Å². The van der Waals surface area contributed by atoms with Crippen LogP contribution in [0.2, 0.25) is 0 Å². The third kappa shape index (κ3) is 5.89. The van der Waals surface area contributed by atoms with Crippen LogP contribution in [0.3, 0.4) is 0 Å². The molecule has 14 heavy (non-hydrogen) atoms. The summed E-state index contributed by atoms with van der Waals surface area (Å²) in [7, 11) is 1.78. The Morgan fingerprint density at radius 2 is 2.29 bits per heavy atom. The van der Waals surface area contributed by atoms with E-state index in [1.54, 1.807) is 7.11 Å². The fourth-order valence-corrected chi connectivity index (χ4v) is 2.86. The molecular formula is C11H23NOS. The van der Waals surface area contributed by atoms with Crippen molar-refractivity contribution in [3.05, 3.63) is 0 Å². The van der Waals surface area contributed by atoms with E-state index in [2.05, 4.69) is 17.1 Å². The van der Waals surface area contributed by atoms with Crippen molar-refractivity contribution in [1.82, 2.24) is 5.32 Å². The van der Waals surface area contributed by atoms with Crippen molar-refractivity contribution in [1.29, 1.82) is 0 Å². The van der Waals surface area contributed by atoms with E-state index in [1.165, 1.54) is 50.2 Å². The van der Waals surface area contributed by atoms with Gasteiger partial charge in [0, 0.05) is 25.5 Å². The van der Waals surface area contributed by atoms with E-state index in [-0.39, 0.29) is 0 Å². The number of ether oxygens (including phenoxy) is 1. The largest absolute Gasteiger partial charge is 0.385 e. The lowest BCUT2D eigenvalue weighted by molar-refractivity contribution is 0.192. The monoisotopic (exact) mass is 217 g/mol. The van der Waals surface area contributed by atoms with E-state index in [9.17, 15) is 0 Å². The topological polar surface area (TPSA) is 21.3 Å². The lowest BCUT2D eigenvalue weighted by atomic mass is 10.1. The molecule has 1 atom stereocenters. The Labute approximate surface area is 92.2 Å². The summed E-state index contributed by atoms with van der Waals surface area (Å²) in [6, 6.07) is 0.788. The van der Waals surface area contributed by atoms with Crippen molar-refractivity contribution < 1.29 is 4.74 Å². The van der Waals surface area contributed by atoms with Crippen LogP contribution in [0, 0.1) is 0 Å². The molecule has 0 amide bonds. The van der Waals surface area contributed by atoms with Gasteiger partial charge >= 0.3 is 0 Å². The molecule has 0 aromatic carbocycles. The molecule has 1 rings (SSSR count). The predicted octanol–water partition coefficient (Wildman–Crippen LogP) is 2.29. The summed E-state index contributed by atoms with van der Waals surface area (Å²) in [5, 5.41) is 3.64. The average Bonchev–Trinajstić information content (AvgIpc) is 2.25. The number of rotatable bonds is 7. The first kappa shape index (κ1) is 12.3. The van der Waals surface area contributed by atoms with Crippen LogP contribution in [0.15, 0.2) is 0 Å². The minimum Gasteiger partial charge on any atom is -0.385 e. The zero-order chi connectivity index (χ0) is 10.1. The van der Waals surface area contributed by atoms with Crippen molar-refractivity contribution in [2.45, 2.75) is 38.1 Å². The van der Waals surface area contributed by atoms with Crippen LogP contribution in [0.5, 0.6) is 0 Å². The van der Waals surface area contributed by atoms with Crippen LogP contribution >= 0.6 is 11.8 Å². The highest BCUT2D eigenvalue weighted by Gasteiger charge is 2.11. The van der Waals surface area contributed by atoms with Gasteiger partial charge in [0.05, 0.1) is 0 Å². The molecule has 1 unspecified atom stereocenters. The van der Waals surface area contributed by atoms with E-state index in [0.717, 1.165) is 12.6 Å². The first-order chi connectivity index (χ1) is 6.93. The van der Waals surface area contributed by atoms with Crippen LogP contribution in [0.1, 0.15) is 32.1 Å². The van der Waals surface area contributed by atoms with Crippen LogP contribution in [0.25, 0.3) is 0 Å². The molecule has 84 valence electrons. The second kappa shape index (κ2) is 8.57. The van der Waals surface area contributed by atoms with Gasteiger partial charge < -0.3 is 10.1 Å². The van der Waals surface area contributed by atoms with E-state index in [1.807, 2.05) is 0 Å². The summed E-state index contributed by atoms with van der Waals surface area (Å²) in [5.74, 6) is 2.68. The molecule has 1 heterocycles. The van der Waals surface area contributed by atoms with Crippen molar-refractivity contribution >= 4 is 11.8 Å². The minimum atomic E-state index is 0.788. The molecule has 0 bridgehead atoms. The highest BCUT2D eigenvalue weighted by atomic mass is 32.2. The van der Waals surface area contributed by atoms with Gasteiger partial charge in [0.2, 0.25) is 0 Å². The van der Waals surface area contributed by atoms with Crippen LogP contribution < -0.4 is 5.32 Å². The number of methoxy groups -OCH3 is 1. The van der Waals surface area contributed by atoms with Crippen LogP contribution in [-0.4, -0.2) is 37.8 Å². The second-order valence-corrected chi connectivity index (χ2v) is 5.07. The number of hydrogen-bond acceptors (Lipinski definition) is 3. The van der Waals surface area contributed by atoms with E-state index < -0.39 is 0 Å². The van der Waals surface area contributed by atoms with Crippen LogP contribution in [0.4, 0.5) is 0 Å². The Kier molecular flexibility index (Phi) is 7.55. The third-order valence-corrected chi connectivity index (χ3v) is 3.83. The zero-order valence-electron chi connectivity index (χ0n) is 9.26. The number of nitrogens with one attached hydrogen (secondary N) is 1. The van der Waals surface area contributed by atoms with Gasteiger partial charge in [-0.15, -0.1) is 0 Å². The van der Waals surface area contributed by atoms with E-state index in [0.29, 0.717) is 0 Å². The van der Waals surface area contributed by atoms with Crippen molar-refractivity contribution in [3.8, 4) is 0 Å². The summed E-state index contributed by atoms with van der Waals surface area (Å²) in [4.78, 5) is 0. The lowest BCUT2D eigenvalue weighted by Crippen LogP contribution is -2.34. The summed E-state index contributed by atoms with van der Waals surface area (Å²) < 4.78 is 5.01. The first-order valence-corrected chi connectivity index (χ1v) is 6.89. The quantitative estimate of drug-likeness (QED) is 0.661. The van der Waals surface area contributed by atoms with Crippen LogP contribution in [-0.2, 0) is 4.74 Å². The molecule has 3 heteroatoms.